The Hall–Kier alpha value is -4.30. The predicted octanol–water partition coefficient (Wildman–Crippen LogP) is 3.41. The van der Waals surface area contributed by atoms with Crippen LogP contribution in [0.5, 0.6) is 0 Å². The van der Waals surface area contributed by atoms with Gasteiger partial charge in [0, 0.05) is 41.7 Å². The van der Waals surface area contributed by atoms with Gasteiger partial charge in [0.2, 0.25) is 0 Å². The van der Waals surface area contributed by atoms with E-state index < -0.39 is 26.1 Å². The van der Waals surface area contributed by atoms with E-state index in [-0.39, 0.29) is 49.1 Å². The summed E-state index contributed by atoms with van der Waals surface area (Å²) in [5.74, 6) is -0.595. The third kappa shape index (κ3) is 6.27. The van der Waals surface area contributed by atoms with E-state index in [4.69, 9.17) is 0 Å². The number of carbonyl (C=O) groups is 2. The van der Waals surface area contributed by atoms with Gasteiger partial charge in [0.05, 0.1) is 25.3 Å². The average molecular weight is 717 g/mol. The van der Waals surface area contributed by atoms with Crippen molar-refractivity contribution in [2.24, 2.45) is 0 Å². The molecule has 1 saturated carbocycles. The summed E-state index contributed by atoms with van der Waals surface area (Å²) in [6.07, 6.45) is 7.45. The summed E-state index contributed by atoms with van der Waals surface area (Å²) in [7, 11) is -4.89. The van der Waals surface area contributed by atoms with Crippen molar-refractivity contribution in [2.45, 2.75) is 49.5 Å². The number of aromatic nitrogens is 1. The van der Waals surface area contributed by atoms with Crippen molar-refractivity contribution in [2.75, 3.05) is 40.3 Å². The fourth-order valence-electron chi connectivity index (χ4n) is 7.61. The van der Waals surface area contributed by atoms with E-state index >= 15 is 0 Å². The normalized spacial score (nSPS) is 17.6. The van der Waals surface area contributed by atoms with Crippen LogP contribution >= 0.6 is 0 Å². The van der Waals surface area contributed by atoms with Crippen molar-refractivity contribution < 1.29 is 30.7 Å². The SMILES string of the molecule is CN(C)S(=O)(=O)NC(=O)c1ccc2c(C3CCCCC3)c3n(c2c1)CC(C(=O)N1CC[NH+](S(=O)(=O)c2ccccc2)CC1)=Cc1ccccc1-3. The highest BCUT2D eigenvalue weighted by atomic mass is 32.2. The van der Waals surface area contributed by atoms with Crippen molar-refractivity contribution in [3.05, 3.63) is 95.1 Å². The molecule has 1 aromatic heterocycles. The molecule has 3 heterocycles. The lowest BCUT2D eigenvalue weighted by Gasteiger charge is -2.32. The highest BCUT2D eigenvalue weighted by molar-refractivity contribution is 7.87. The number of hydrogen-bond donors (Lipinski definition) is 2. The molecule has 7 rings (SSSR count). The van der Waals surface area contributed by atoms with Gasteiger partial charge in [-0.2, -0.15) is 21.1 Å². The molecule has 0 spiro atoms. The minimum Gasteiger partial charge on any atom is -0.335 e. The summed E-state index contributed by atoms with van der Waals surface area (Å²) >= 11 is 0. The maximum absolute atomic E-state index is 14.3. The standard InChI is InChI=1S/C37H41N5O6S2/c1-39(2)50(47,48)38-36(43)28-17-18-32-33(24-28)42-25-29(23-27-13-9-10-16-31(27)35(42)34(32)26-11-5-3-6-12-26)37(44)40-19-21-41(22-20-40)49(45,46)30-14-7-4-8-15-30/h4,7-10,13-18,23-24,26H,3,5-6,11-12,19-22,25H2,1-2H3,(H,38,43)/p+1. The van der Waals surface area contributed by atoms with Crippen LogP contribution in [0.1, 0.15) is 59.5 Å². The molecular weight excluding hydrogens is 675 g/mol. The van der Waals surface area contributed by atoms with E-state index in [1.54, 1.807) is 47.4 Å². The molecular formula is C37H42N5O6S2+. The molecule has 2 aliphatic heterocycles. The molecule has 2 N–H and O–H groups in total. The second-order valence-corrected chi connectivity index (χ2v) is 17.5. The monoisotopic (exact) mass is 716 g/mol. The molecule has 0 atom stereocenters. The topological polar surface area (TPSA) is 130 Å². The van der Waals surface area contributed by atoms with E-state index in [1.807, 2.05) is 30.3 Å². The van der Waals surface area contributed by atoms with Gasteiger partial charge in [-0.05, 0) is 60.2 Å². The van der Waals surface area contributed by atoms with Gasteiger partial charge < -0.3 is 9.47 Å². The lowest BCUT2D eigenvalue weighted by atomic mass is 9.81. The molecule has 13 heteroatoms. The number of benzene rings is 3. The Balaban J connectivity index is 1.27. The Morgan fingerprint density at radius 1 is 0.860 bits per heavy atom. The molecule has 4 aromatic rings. The molecule has 0 unspecified atom stereocenters. The van der Waals surface area contributed by atoms with Crippen LogP contribution in [0.4, 0.5) is 0 Å². The van der Waals surface area contributed by atoms with E-state index in [0.717, 1.165) is 57.7 Å². The van der Waals surface area contributed by atoms with E-state index in [2.05, 4.69) is 15.4 Å². The first-order valence-electron chi connectivity index (χ1n) is 17.1. The first-order valence-corrected chi connectivity index (χ1v) is 20.0. The number of sulfonamides is 1. The molecule has 1 aliphatic carbocycles. The van der Waals surface area contributed by atoms with Crippen molar-refractivity contribution in [1.29, 1.82) is 0 Å². The zero-order valence-electron chi connectivity index (χ0n) is 28.3. The summed E-state index contributed by atoms with van der Waals surface area (Å²) in [6.45, 7) is 1.35. The second-order valence-electron chi connectivity index (χ2n) is 13.5. The van der Waals surface area contributed by atoms with Crippen LogP contribution in [0.2, 0.25) is 0 Å². The van der Waals surface area contributed by atoms with Gasteiger partial charge in [-0.1, -0.05) is 67.8 Å². The molecule has 2 amide bonds. The van der Waals surface area contributed by atoms with Gasteiger partial charge in [-0.3, -0.25) is 9.59 Å². The maximum atomic E-state index is 14.3. The number of amides is 2. The average Bonchev–Trinajstić information content (AvgIpc) is 3.34. The number of rotatable bonds is 7. The fourth-order valence-corrected chi connectivity index (χ4v) is 9.72. The number of piperazine rings is 1. The number of quaternary nitrogens is 1. The van der Waals surface area contributed by atoms with Crippen LogP contribution < -0.4 is 9.03 Å². The van der Waals surface area contributed by atoms with Crippen LogP contribution in [0, 0.1) is 0 Å². The quantitative estimate of drug-likeness (QED) is 0.302. The number of hydrogen-bond acceptors (Lipinski definition) is 6. The molecule has 1 saturated heterocycles. The Bertz CT molecular complexity index is 2210. The van der Waals surface area contributed by atoms with Gasteiger partial charge in [0.1, 0.15) is 18.0 Å². The summed E-state index contributed by atoms with van der Waals surface area (Å²) in [6, 6.07) is 21.8. The molecule has 0 radical (unpaired) electrons. The zero-order chi connectivity index (χ0) is 35.2. The molecule has 3 aliphatic rings. The van der Waals surface area contributed by atoms with Crippen LogP contribution in [-0.2, 0) is 31.6 Å². The predicted molar refractivity (Wildman–Crippen MR) is 192 cm³/mol. The molecule has 11 nitrogen and oxygen atoms in total. The molecule has 2 fully saturated rings. The summed E-state index contributed by atoms with van der Waals surface area (Å²) in [5.41, 5.74) is 5.65. The highest BCUT2D eigenvalue weighted by Crippen LogP contribution is 2.46. The maximum Gasteiger partial charge on any atom is 0.325 e. The molecule has 50 heavy (non-hydrogen) atoms. The molecule has 0 bridgehead atoms. The van der Waals surface area contributed by atoms with Gasteiger partial charge in [-0.25, -0.2) is 9.03 Å². The van der Waals surface area contributed by atoms with Crippen molar-refractivity contribution >= 4 is 49.0 Å². The third-order valence-electron chi connectivity index (χ3n) is 10.3. The summed E-state index contributed by atoms with van der Waals surface area (Å²) in [4.78, 5) is 29.6. The van der Waals surface area contributed by atoms with Gasteiger partial charge >= 0.3 is 20.2 Å². The first kappa shape index (κ1) is 34.2. The molecule has 3 aromatic carbocycles. The largest absolute Gasteiger partial charge is 0.335 e. The smallest absolute Gasteiger partial charge is 0.325 e. The summed E-state index contributed by atoms with van der Waals surface area (Å²) in [5, 5.41) is 0.991. The van der Waals surface area contributed by atoms with Crippen LogP contribution in [-0.4, -0.2) is 82.7 Å². The zero-order valence-corrected chi connectivity index (χ0v) is 29.9. The van der Waals surface area contributed by atoms with Crippen LogP contribution in [0.15, 0.2) is 83.3 Å². The lowest BCUT2D eigenvalue weighted by Crippen LogP contribution is -3.16. The van der Waals surface area contributed by atoms with Crippen LogP contribution in [0.3, 0.4) is 0 Å². The lowest BCUT2D eigenvalue weighted by molar-refractivity contribution is -0.773. The Kier molecular flexibility index (Phi) is 9.18. The van der Waals surface area contributed by atoms with E-state index in [9.17, 15) is 26.4 Å². The summed E-state index contributed by atoms with van der Waals surface area (Å²) < 4.78 is 57.3. The third-order valence-corrected chi connectivity index (χ3v) is 13.7. The van der Waals surface area contributed by atoms with E-state index in [0.29, 0.717) is 15.8 Å². The second kappa shape index (κ2) is 13.4. The number of fused-ring (bicyclic) bond motifs is 5. The minimum absolute atomic E-state index is 0.157. The molecule has 262 valence electrons. The van der Waals surface area contributed by atoms with Gasteiger partial charge in [0.25, 0.3) is 11.8 Å². The Labute approximate surface area is 293 Å². The fraction of sp³-hybridized carbons (Fsp3) is 0.351. The first-order chi connectivity index (χ1) is 24.0. The Morgan fingerprint density at radius 3 is 2.24 bits per heavy atom. The van der Waals surface area contributed by atoms with Gasteiger partial charge in [-0.15, -0.1) is 0 Å². The van der Waals surface area contributed by atoms with Crippen molar-refractivity contribution in [3.63, 3.8) is 0 Å². The van der Waals surface area contributed by atoms with E-state index in [1.165, 1.54) is 26.1 Å². The van der Waals surface area contributed by atoms with Crippen LogP contribution in [0.25, 0.3) is 28.2 Å². The number of nitrogens with zero attached hydrogens (tertiary/aromatic N) is 3. The Morgan fingerprint density at radius 2 is 1.54 bits per heavy atom. The van der Waals surface area contributed by atoms with Crippen molar-refractivity contribution in [1.82, 2.24) is 18.5 Å². The van der Waals surface area contributed by atoms with Crippen molar-refractivity contribution in [3.8, 4) is 11.3 Å². The highest BCUT2D eigenvalue weighted by Gasteiger charge is 2.36. The number of nitrogens with one attached hydrogen (secondary N) is 2. The minimum atomic E-state index is -4.01. The van der Waals surface area contributed by atoms with Gasteiger partial charge in [0.15, 0.2) is 0 Å². The number of carbonyl (C=O) groups excluding carboxylic acids is 2.